The van der Waals surface area contributed by atoms with Gasteiger partial charge in [0.05, 0.1) is 18.3 Å². The zero-order valence-electron chi connectivity index (χ0n) is 13.0. The van der Waals surface area contributed by atoms with Crippen LogP contribution in [0.3, 0.4) is 0 Å². The van der Waals surface area contributed by atoms with Crippen LogP contribution in [0.5, 0.6) is 0 Å². The van der Waals surface area contributed by atoms with Crippen molar-refractivity contribution in [2.75, 3.05) is 0 Å². The molecule has 2 N–H and O–H groups in total. The number of hydrogen-bond acceptors (Lipinski definition) is 4. The van der Waals surface area contributed by atoms with Crippen molar-refractivity contribution in [2.45, 2.75) is 70.9 Å². The molecule has 1 saturated carbocycles. The van der Waals surface area contributed by atoms with Crippen molar-refractivity contribution in [2.24, 2.45) is 5.92 Å². The fourth-order valence-corrected chi connectivity index (χ4v) is 3.23. The summed E-state index contributed by atoms with van der Waals surface area (Å²) in [4.78, 5) is 11.3. The molecular weight excluding hydrogens is 270 g/mol. The van der Waals surface area contributed by atoms with Crippen LogP contribution in [0.25, 0.3) is 0 Å². The number of aliphatic hydroxyl groups excluding tert-OH is 1. The van der Waals surface area contributed by atoms with Crippen LogP contribution < -0.4 is 0 Å². The van der Waals surface area contributed by atoms with Gasteiger partial charge in [-0.05, 0) is 12.3 Å². The topological polar surface area (TPSA) is 88.2 Å². The molecule has 21 heavy (non-hydrogen) atoms. The van der Waals surface area contributed by atoms with Gasteiger partial charge in [0, 0.05) is 5.41 Å². The lowest BCUT2D eigenvalue weighted by Crippen LogP contribution is -2.26. The predicted octanol–water partition coefficient (Wildman–Crippen LogP) is 2.21. The molecule has 6 heteroatoms. The molecule has 0 spiro atoms. The lowest BCUT2D eigenvalue weighted by atomic mass is 9.90. The van der Waals surface area contributed by atoms with Gasteiger partial charge in [0.2, 0.25) is 0 Å². The largest absolute Gasteiger partial charge is 0.476 e. The first-order chi connectivity index (χ1) is 9.79. The summed E-state index contributed by atoms with van der Waals surface area (Å²) in [5.41, 5.74) is 0.167. The number of rotatable bonds is 5. The molecule has 1 heterocycles. The third-order valence-corrected chi connectivity index (χ3v) is 4.11. The Morgan fingerprint density at radius 2 is 2.00 bits per heavy atom. The fourth-order valence-electron chi connectivity index (χ4n) is 3.23. The second-order valence-corrected chi connectivity index (χ2v) is 7.06. The lowest BCUT2D eigenvalue weighted by molar-refractivity contribution is 0.0686. The number of aliphatic hydroxyl groups is 1. The smallest absolute Gasteiger partial charge is 0.358 e. The molecule has 0 amide bonds. The normalized spacial score (nSPS) is 18.1. The summed E-state index contributed by atoms with van der Waals surface area (Å²) in [6.45, 7) is 6.09. The summed E-state index contributed by atoms with van der Waals surface area (Å²) in [7, 11) is 0. The quantitative estimate of drug-likeness (QED) is 0.869. The highest BCUT2D eigenvalue weighted by Gasteiger charge is 2.30. The third kappa shape index (κ3) is 3.81. The minimum absolute atomic E-state index is 0.0180. The van der Waals surface area contributed by atoms with Gasteiger partial charge in [-0.3, -0.25) is 0 Å². The van der Waals surface area contributed by atoms with Gasteiger partial charge in [-0.25, -0.2) is 9.48 Å². The van der Waals surface area contributed by atoms with Crippen molar-refractivity contribution in [3.63, 3.8) is 0 Å². The maximum absolute atomic E-state index is 11.3. The average molecular weight is 295 g/mol. The maximum Gasteiger partial charge on any atom is 0.358 e. The molecule has 0 radical (unpaired) electrons. The van der Waals surface area contributed by atoms with E-state index in [1.807, 2.05) is 20.8 Å². The summed E-state index contributed by atoms with van der Waals surface area (Å²) in [6, 6.07) is 0. The zero-order chi connectivity index (χ0) is 15.6. The molecule has 1 aliphatic rings. The zero-order valence-corrected chi connectivity index (χ0v) is 13.0. The molecule has 0 bridgehead atoms. The van der Waals surface area contributed by atoms with Gasteiger partial charge in [-0.1, -0.05) is 51.7 Å². The molecule has 1 fully saturated rings. The van der Waals surface area contributed by atoms with Crippen molar-refractivity contribution < 1.29 is 15.0 Å². The van der Waals surface area contributed by atoms with E-state index in [0.717, 1.165) is 6.42 Å². The Kier molecular flexibility index (Phi) is 4.66. The van der Waals surface area contributed by atoms with Crippen LogP contribution in [0, 0.1) is 5.92 Å². The number of nitrogens with zero attached hydrogens (tertiary/aromatic N) is 3. The highest BCUT2D eigenvalue weighted by Crippen LogP contribution is 2.30. The van der Waals surface area contributed by atoms with Crippen molar-refractivity contribution >= 4 is 5.97 Å². The van der Waals surface area contributed by atoms with E-state index in [4.69, 9.17) is 0 Å². The monoisotopic (exact) mass is 295 g/mol. The molecule has 0 aromatic carbocycles. The molecule has 0 aliphatic heterocycles. The summed E-state index contributed by atoms with van der Waals surface area (Å²) in [6.07, 6.45) is 5.11. The van der Waals surface area contributed by atoms with Crippen LogP contribution in [0.1, 0.15) is 69.1 Å². The van der Waals surface area contributed by atoms with Crippen molar-refractivity contribution in [1.82, 2.24) is 15.0 Å². The van der Waals surface area contributed by atoms with E-state index >= 15 is 0 Å². The Balaban J connectivity index is 2.13. The van der Waals surface area contributed by atoms with E-state index in [-0.39, 0.29) is 11.1 Å². The highest BCUT2D eigenvalue weighted by atomic mass is 16.4. The van der Waals surface area contributed by atoms with Crippen molar-refractivity contribution in [1.29, 1.82) is 0 Å². The SMILES string of the molecule is CC(C)(C)c1c(C(=O)O)nnn1CC(O)CC1CCCC1. The van der Waals surface area contributed by atoms with E-state index in [1.165, 1.54) is 25.7 Å². The van der Waals surface area contributed by atoms with E-state index in [0.29, 0.717) is 18.2 Å². The first-order valence-electron chi connectivity index (χ1n) is 7.64. The molecule has 118 valence electrons. The fraction of sp³-hybridized carbons (Fsp3) is 0.800. The summed E-state index contributed by atoms with van der Waals surface area (Å²) < 4.78 is 1.56. The summed E-state index contributed by atoms with van der Waals surface area (Å²) in [5, 5.41) is 27.2. The molecule has 1 unspecified atom stereocenters. The van der Waals surface area contributed by atoms with E-state index < -0.39 is 12.1 Å². The Labute approximate surface area is 125 Å². The van der Waals surface area contributed by atoms with Crippen LogP contribution in [-0.4, -0.2) is 37.3 Å². The average Bonchev–Trinajstić information content (AvgIpc) is 2.96. The number of aromatic nitrogens is 3. The molecular formula is C15H25N3O3. The number of carbonyl (C=O) groups is 1. The Bertz CT molecular complexity index is 499. The van der Waals surface area contributed by atoms with E-state index in [9.17, 15) is 15.0 Å². The Morgan fingerprint density at radius 3 is 2.52 bits per heavy atom. The lowest BCUT2D eigenvalue weighted by Gasteiger charge is -2.22. The van der Waals surface area contributed by atoms with Crippen LogP contribution in [-0.2, 0) is 12.0 Å². The molecule has 6 nitrogen and oxygen atoms in total. The number of aromatic carboxylic acids is 1. The molecule has 2 rings (SSSR count). The molecule has 1 aliphatic carbocycles. The highest BCUT2D eigenvalue weighted by molar-refractivity contribution is 5.86. The first-order valence-corrected chi connectivity index (χ1v) is 7.64. The van der Waals surface area contributed by atoms with Crippen LogP contribution >= 0.6 is 0 Å². The predicted molar refractivity (Wildman–Crippen MR) is 78.3 cm³/mol. The van der Waals surface area contributed by atoms with E-state index in [2.05, 4.69) is 10.3 Å². The summed E-state index contributed by atoms with van der Waals surface area (Å²) >= 11 is 0. The Morgan fingerprint density at radius 1 is 1.38 bits per heavy atom. The number of hydrogen-bond donors (Lipinski definition) is 2. The van der Waals surface area contributed by atoms with Gasteiger partial charge in [0.25, 0.3) is 0 Å². The van der Waals surface area contributed by atoms with Crippen molar-refractivity contribution in [3.05, 3.63) is 11.4 Å². The van der Waals surface area contributed by atoms with Crippen LogP contribution in [0.2, 0.25) is 0 Å². The number of carboxylic acids is 1. The van der Waals surface area contributed by atoms with Gasteiger partial charge >= 0.3 is 5.97 Å². The van der Waals surface area contributed by atoms with Gasteiger partial charge in [-0.15, -0.1) is 5.10 Å². The molecule has 0 saturated heterocycles. The molecule has 1 aromatic heterocycles. The molecule has 1 atom stereocenters. The Hall–Kier alpha value is -1.43. The standard InChI is InChI=1S/C15H25N3O3/c1-15(2,3)13-12(14(20)21)16-17-18(13)9-11(19)8-10-6-4-5-7-10/h10-11,19H,4-9H2,1-3H3,(H,20,21). The first kappa shape index (κ1) is 15.9. The second-order valence-electron chi connectivity index (χ2n) is 7.06. The minimum atomic E-state index is -1.07. The molecule has 1 aromatic rings. The van der Waals surface area contributed by atoms with Gasteiger partial charge in [-0.2, -0.15) is 0 Å². The van der Waals surface area contributed by atoms with Gasteiger partial charge < -0.3 is 10.2 Å². The van der Waals surface area contributed by atoms with Crippen molar-refractivity contribution in [3.8, 4) is 0 Å². The maximum atomic E-state index is 11.3. The van der Waals surface area contributed by atoms with Gasteiger partial charge in [0.15, 0.2) is 5.69 Å². The van der Waals surface area contributed by atoms with E-state index in [1.54, 1.807) is 4.68 Å². The van der Waals surface area contributed by atoms with Crippen LogP contribution in [0.15, 0.2) is 0 Å². The third-order valence-electron chi connectivity index (χ3n) is 4.11. The van der Waals surface area contributed by atoms with Gasteiger partial charge in [0.1, 0.15) is 0 Å². The summed E-state index contributed by atoms with van der Waals surface area (Å²) in [5.74, 6) is -0.489. The second kappa shape index (κ2) is 6.13. The van der Waals surface area contributed by atoms with Crippen LogP contribution in [0.4, 0.5) is 0 Å². The number of carboxylic acid groups (broad SMARTS) is 1. The minimum Gasteiger partial charge on any atom is -0.476 e.